The highest BCUT2D eigenvalue weighted by atomic mass is 32.2. The van der Waals surface area contributed by atoms with Gasteiger partial charge in [0.1, 0.15) is 0 Å². The Bertz CT molecular complexity index is 980. The van der Waals surface area contributed by atoms with Crippen molar-refractivity contribution in [2.75, 3.05) is 16.3 Å². The molecule has 2 N–H and O–H groups in total. The number of carbonyl (C=O) groups is 1. The molecule has 1 aromatic heterocycles. The standard InChI is InChI=1S/C17H16N4O3S/c1-25(23,24)20-15-9-7-14(8-10-15)19-17(22)13-11-18-21(12-13)16-5-3-2-4-6-16/h2-12,20H,1H3,(H,19,22). The van der Waals surface area contributed by atoms with Crippen molar-refractivity contribution in [2.24, 2.45) is 0 Å². The molecule has 1 amide bonds. The van der Waals surface area contributed by atoms with Gasteiger partial charge in [0.2, 0.25) is 10.0 Å². The van der Waals surface area contributed by atoms with Crippen molar-refractivity contribution in [3.63, 3.8) is 0 Å². The first-order chi connectivity index (χ1) is 11.9. The van der Waals surface area contributed by atoms with Crippen LogP contribution in [0.3, 0.4) is 0 Å². The summed E-state index contributed by atoms with van der Waals surface area (Å²) in [6.07, 6.45) is 4.21. The van der Waals surface area contributed by atoms with Crippen molar-refractivity contribution in [2.45, 2.75) is 0 Å². The summed E-state index contributed by atoms with van der Waals surface area (Å²) >= 11 is 0. The van der Waals surface area contributed by atoms with Gasteiger partial charge < -0.3 is 5.32 Å². The molecule has 1 heterocycles. The third kappa shape index (κ3) is 4.45. The number of benzene rings is 2. The van der Waals surface area contributed by atoms with E-state index in [1.165, 1.54) is 6.20 Å². The predicted molar refractivity (Wildman–Crippen MR) is 96.4 cm³/mol. The third-order valence-corrected chi connectivity index (χ3v) is 3.92. The highest BCUT2D eigenvalue weighted by Crippen LogP contribution is 2.16. The summed E-state index contributed by atoms with van der Waals surface area (Å²) in [5.74, 6) is -0.300. The maximum Gasteiger partial charge on any atom is 0.258 e. The topological polar surface area (TPSA) is 93.1 Å². The number of para-hydroxylation sites is 1. The molecule has 0 saturated heterocycles. The minimum atomic E-state index is -3.33. The predicted octanol–water partition coefficient (Wildman–Crippen LogP) is 2.50. The summed E-state index contributed by atoms with van der Waals surface area (Å²) in [7, 11) is -3.33. The van der Waals surface area contributed by atoms with Gasteiger partial charge in [-0.3, -0.25) is 9.52 Å². The van der Waals surface area contributed by atoms with E-state index in [2.05, 4.69) is 15.1 Å². The van der Waals surface area contributed by atoms with Gasteiger partial charge in [-0.05, 0) is 36.4 Å². The van der Waals surface area contributed by atoms with E-state index in [0.29, 0.717) is 16.9 Å². The molecule has 0 saturated carbocycles. The molecule has 0 radical (unpaired) electrons. The zero-order valence-corrected chi connectivity index (χ0v) is 14.2. The second-order valence-corrected chi connectivity index (χ2v) is 7.16. The monoisotopic (exact) mass is 356 g/mol. The highest BCUT2D eigenvalue weighted by molar-refractivity contribution is 7.92. The number of nitrogens with one attached hydrogen (secondary N) is 2. The van der Waals surface area contributed by atoms with Gasteiger partial charge in [-0.25, -0.2) is 13.1 Å². The maximum absolute atomic E-state index is 12.3. The van der Waals surface area contributed by atoms with E-state index in [1.807, 2.05) is 30.3 Å². The largest absolute Gasteiger partial charge is 0.322 e. The van der Waals surface area contributed by atoms with Crippen LogP contribution < -0.4 is 10.0 Å². The molecule has 25 heavy (non-hydrogen) atoms. The molecule has 128 valence electrons. The first-order valence-electron chi connectivity index (χ1n) is 7.40. The van der Waals surface area contributed by atoms with Crippen molar-refractivity contribution >= 4 is 27.3 Å². The van der Waals surface area contributed by atoms with Crippen LogP contribution in [0.5, 0.6) is 0 Å². The van der Waals surface area contributed by atoms with Crippen molar-refractivity contribution in [3.8, 4) is 5.69 Å². The Morgan fingerprint density at radius 1 is 1.00 bits per heavy atom. The summed E-state index contributed by atoms with van der Waals surface area (Å²) in [6, 6.07) is 15.9. The van der Waals surface area contributed by atoms with E-state index in [-0.39, 0.29) is 5.91 Å². The van der Waals surface area contributed by atoms with Gasteiger partial charge in [0.15, 0.2) is 0 Å². The van der Waals surface area contributed by atoms with Crippen LogP contribution >= 0.6 is 0 Å². The first kappa shape index (κ1) is 16.7. The Hall–Kier alpha value is -3.13. The molecule has 2 aromatic carbocycles. The maximum atomic E-state index is 12.3. The van der Waals surface area contributed by atoms with Crippen LogP contribution in [0.25, 0.3) is 5.69 Å². The molecule has 0 bridgehead atoms. The Balaban J connectivity index is 1.69. The molecule has 0 aliphatic heterocycles. The third-order valence-electron chi connectivity index (χ3n) is 3.31. The van der Waals surface area contributed by atoms with Crippen molar-refractivity contribution in [1.29, 1.82) is 0 Å². The average Bonchev–Trinajstić information content (AvgIpc) is 3.06. The van der Waals surface area contributed by atoms with Crippen LogP contribution in [0, 0.1) is 0 Å². The Morgan fingerprint density at radius 3 is 2.28 bits per heavy atom. The minimum absolute atomic E-state index is 0.300. The summed E-state index contributed by atoms with van der Waals surface area (Å²) in [6.45, 7) is 0. The summed E-state index contributed by atoms with van der Waals surface area (Å²) in [5, 5.41) is 6.93. The van der Waals surface area contributed by atoms with Gasteiger partial charge in [0.05, 0.1) is 23.7 Å². The SMILES string of the molecule is CS(=O)(=O)Nc1ccc(NC(=O)c2cnn(-c3ccccc3)c2)cc1. The van der Waals surface area contributed by atoms with Gasteiger partial charge in [0.25, 0.3) is 5.91 Å². The number of rotatable bonds is 5. The number of amides is 1. The molecular formula is C17H16N4O3S. The first-order valence-corrected chi connectivity index (χ1v) is 9.29. The molecule has 0 atom stereocenters. The highest BCUT2D eigenvalue weighted by Gasteiger charge is 2.10. The molecule has 0 aliphatic carbocycles. The molecule has 3 aromatic rings. The Morgan fingerprint density at radius 2 is 1.64 bits per heavy atom. The quantitative estimate of drug-likeness (QED) is 0.734. The number of sulfonamides is 1. The summed E-state index contributed by atoms with van der Waals surface area (Å²) < 4.78 is 26.3. The normalized spacial score (nSPS) is 11.1. The van der Waals surface area contributed by atoms with Crippen LogP contribution in [0.2, 0.25) is 0 Å². The van der Waals surface area contributed by atoms with Gasteiger partial charge in [-0.1, -0.05) is 18.2 Å². The number of hydrogen-bond acceptors (Lipinski definition) is 4. The van der Waals surface area contributed by atoms with Gasteiger partial charge in [0, 0.05) is 17.6 Å². The summed E-state index contributed by atoms with van der Waals surface area (Å²) in [4.78, 5) is 12.3. The van der Waals surface area contributed by atoms with E-state index >= 15 is 0 Å². The zero-order valence-electron chi connectivity index (χ0n) is 13.4. The number of hydrogen-bond donors (Lipinski definition) is 2. The lowest BCUT2D eigenvalue weighted by Gasteiger charge is -2.06. The van der Waals surface area contributed by atoms with Crippen LogP contribution in [0.4, 0.5) is 11.4 Å². The number of anilines is 2. The lowest BCUT2D eigenvalue weighted by molar-refractivity contribution is 0.102. The number of nitrogens with zero attached hydrogens (tertiary/aromatic N) is 2. The van der Waals surface area contributed by atoms with E-state index in [4.69, 9.17) is 0 Å². The second kappa shape index (κ2) is 6.78. The molecular weight excluding hydrogens is 340 g/mol. The van der Waals surface area contributed by atoms with Crippen molar-refractivity contribution in [1.82, 2.24) is 9.78 Å². The molecule has 3 rings (SSSR count). The molecule has 8 heteroatoms. The lowest BCUT2D eigenvalue weighted by atomic mass is 10.2. The average molecular weight is 356 g/mol. The smallest absolute Gasteiger partial charge is 0.258 e. The van der Waals surface area contributed by atoms with E-state index in [9.17, 15) is 13.2 Å². The van der Waals surface area contributed by atoms with E-state index in [1.54, 1.807) is 35.1 Å². The Kier molecular flexibility index (Phi) is 4.53. The second-order valence-electron chi connectivity index (χ2n) is 5.41. The van der Waals surface area contributed by atoms with Gasteiger partial charge in [-0.15, -0.1) is 0 Å². The van der Waals surface area contributed by atoms with Crippen LogP contribution in [-0.4, -0.2) is 30.4 Å². The fourth-order valence-electron chi connectivity index (χ4n) is 2.20. The van der Waals surface area contributed by atoms with Crippen molar-refractivity contribution < 1.29 is 13.2 Å². The lowest BCUT2D eigenvalue weighted by Crippen LogP contribution is -2.12. The molecule has 0 spiro atoms. The fraction of sp³-hybridized carbons (Fsp3) is 0.0588. The zero-order chi connectivity index (χ0) is 17.9. The summed E-state index contributed by atoms with van der Waals surface area (Å²) in [5.41, 5.74) is 2.26. The van der Waals surface area contributed by atoms with Gasteiger partial charge in [-0.2, -0.15) is 5.10 Å². The molecule has 0 unspecified atom stereocenters. The number of carbonyl (C=O) groups excluding carboxylic acids is 1. The van der Waals surface area contributed by atoms with Gasteiger partial charge >= 0.3 is 0 Å². The van der Waals surface area contributed by atoms with Crippen LogP contribution in [0.15, 0.2) is 67.0 Å². The van der Waals surface area contributed by atoms with Crippen molar-refractivity contribution in [3.05, 3.63) is 72.6 Å². The van der Waals surface area contributed by atoms with E-state index in [0.717, 1.165) is 11.9 Å². The minimum Gasteiger partial charge on any atom is -0.322 e. The molecule has 7 nitrogen and oxygen atoms in total. The molecule has 0 aliphatic rings. The van der Waals surface area contributed by atoms with Crippen LogP contribution in [-0.2, 0) is 10.0 Å². The molecule has 0 fully saturated rings. The van der Waals surface area contributed by atoms with E-state index < -0.39 is 10.0 Å². The Labute approximate surface area is 145 Å². The fourth-order valence-corrected chi connectivity index (χ4v) is 2.77. The van der Waals surface area contributed by atoms with Crippen LogP contribution in [0.1, 0.15) is 10.4 Å². The number of aromatic nitrogens is 2.